The highest BCUT2D eigenvalue weighted by Gasteiger charge is 2.20. The maximum absolute atomic E-state index is 4.43. The lowest BCUT2D eigenvalue weighted by atomic mass is 10.4. The second-order valence-electron chi connectivity index (χ2n) is 3.70. The Hall–Kier alpha value is -1.16. The first kappa shape index (κ1) is 8.17. The second kappa shape index (κ2) is 3.20. The third-order valence-electron chi connectivity index (χ3n) is 2.45. The first-order valence-corrected chi connectivity index (χ1v) is 5.74. The average molecular weight is 205 g/mol. The molecule has 4 heteroatoms. The van der Waals surface area contributed by atoms with Gasteiger partial charge in [-0.3, -0.25) is 0 Å². The fraction of sp³-hybridized carbons (Fsp3) is 0.400. The highest BCUT2D eigenvalue weighted by molar-refractivity contribution is 7.16. The van der Waals surface area contributed by atoms with Crippen molar-refractivity contribution in [3.8, 4) is 0 Å². The van der Waals surface area contributed by atoms with Crippen LogP contribution in [0.1, 0.15) is 12.8 Å². The molecule has 1 aliphatic carbocycles. The van der Waals surface area contributed by atoms with Crippen LogP contribution in [0, 0.1) is 5.92 Å². The van der Waals surface area contributed by atoms with Crippen molar-refractivity contribution in [2.45, 2.75) is 12.8 Å². The van der Waals surface area contributed by atoms with Crippen molar-refractivity contribution in [2.24, 2.45) is 5.92 Å². The van der Waals surface area contributed by atoms with Crippen molar-refractivity contribution in [2.75, 3.05) is 11.9 Å². The van der Waals surface area contributed by atoms with Gasteiger partial charge in [-0.25, -0.2) is 9.97 Å². The molecule has 2 aromatic rings. The molecular formula is C10H11N3S. The highest BCUT2D eigenvalue weighted by atomic mass is 32.1. The van der Waals surface area contributed by atoms with Crippen LogP contribution in [0.25, 0.3) is 10.2 Å². The van der Waals surface area contributed by atoms with Gasteiger partial charge in [0.25, 0.3) is 0 Å². The minimum Gasteiger partial charge on any atom is -0.354 e. The van der Waals surface area contributed by atoms with Gasteiger partial charge in [0.1, 0.15) is 4.83 Å². The number of nitrogens with zero attached hydrogens (tertiary/aromatic N) is 2. The Labute approximate surface area is 86.2 Å². The van der Waals surface area contributed by atoms with E-state index >= 15 is 0 Å². The zero-order valence-electron chi connectivity index (χ0n) is 7.73. The van der Waals surface area contributed by atoms with Crippen LogP contribution in [0.3, 0.4) is 0 Å². The highest BCUT2D eigenvalue weighted by Crippen LogP contribution is 2.28. The van der Waals surface area contributed by atoms with Crippen molar-refractivity contribution in [3.63, 3.8) is 0 Å². The van der Waals surface area contributed by atoms with Crippen LogP contribution < -0.4 is 5.32 Å². The van der Waals surface area contributed by atoms with Gasteiger partial charge in [0.15, 0.2) is 0 Å². The number of nitrogens with one attached hydrogen (secondary N) is 1. The van der Waals surface area contributed by atoms with Crippen LogP contribution in [-0.2, 0) is 0 Å². The van der Waals surface area contributed by atoms with E-state index in [-0.39, 0.29) is 0 Å². The van der Waals surface area contributed by atoms with Gasteiger partial charge >= 0.3 is 0 Å². The van der Waals surface area contributed by atoms with Crippen LogP contribution in [0.5, 0.6) is 0 Å². The summed E-state index contributed by atoms with van der Waals surface area (Å²) in [4.78, 5) is 9.76. The minimum absolute atomic E-state index is 0.770. The number of thiophene rings is 1. The Kier molecular flexibility index (Phi) is 1.87. The van der Waals surface area contributed by atoms with Crippen molar-refractivity contribution in [1.82, 2.24) is 9.97 Å². The van der Waals surface area contributed by atoms with Crippen LogP contribution >= 0.6 is 11.3 Å². The van der Waals surface area contributed by atoms with Crippen molar-refractivity contribution in [3.05, 3.63) is 17.6 Å². The molecule has 1 N–H and O–H groups in total. The minimum atomic E-state index is 0.770. The maximum Gasteiger partial charge on any atom is 0.224 e. The summed E-state index contributed by atoms with van der Waals surface area (Å²) in [6, 6.07) is 2.05. The first-order valence-electron chi connectivity index (χ1n) is 4.86. The van der Waals surface area contributed by atoms with E-state index < -0.39 is 0 Å². The molecule has 0 aliphatic heterocycles. The molecule has 2 aromatic heterocycles. The van der Waals surface area contributed by atoms with E-state index in [9.17, 15) is 0 Å². The van der Waals surface area contributed by atoms with Gasteiger partial charge in [0.2, 0.25) is 5.95 Å². The number of hydrogen-bond donors (Lipinski definition) is 1. The van der Waals surface area contributed by atoms with E-state index in [0.717, 1.165) is 28.6 Å². The van der Waals surface area contributed by atoms with Crippen molar-refractivity contribution in [1.29, 1.82) is 0 Å². The maximum atomic E-state index is 4.43. The molecule has 14 heavy (non-hydrogen) atoms. The SMILES string of the molecule is c1cc2cnc(NCC3CC3)nc2s1. The summed E-state index contributed by atoms with van der Waals surface area (Å²) in [7, 11) is 0. The van der Waals surface area contributed by atoms with Crippen molar-refractivity contribution >= 4 is 27.5 Å². The zero-order valence-corrected chi connectivity index (χ0v) is 8.55. The lowest BCUT2D eigenvalue weighted by Crippen LogP contribution is -2.06. The molecular weight excluding hydrogens is 194 g/mol. The molecule has 1 fully saturated rings. The number of aromatic nitrogens is 2. The van der Waals surface area contributed by atoms with Crippen LogP contribution in [0.4, 0.5) is 5.95 Å². The molecule has 0 amide bonds. The monoisotopic (exact) mass is 205 g/mol. The molecule has 1 aliphatic rings. The van der Waals surface area contributed by atoms with Gasteiger partial charge in [-0.1, -0.05) is 0 Å². The fourth-order valence-corrected chi connectivity index (χ4v) is 2.14. The van der Waals surface area contributed by atoms with Crippen molar-refractivity contribution < 1.29 is 0 Å². The molecule has 0 bridgehead atoms. The molecule has 0 saturated heterocycles. The Morgan fingerprint density at radius 1 is 1.50 bits per heavy atom. The first-order chi connectivity index (χ1) is 6.92. The number of fused-ring (bicyclic) bond motifs is 1. The summed E-state index contributed by atoms with van der Waals surface area (Å²) >= 11 is 1.66. The zero-order chi connectivity index (χ0) is 9.38. The molecule has 3 rings (SSSR count). The predicted molar refractivity (Wildman–Crippen MR) is 58.6 cm³/mol. The molecule has 0 spiro atoms. The van der Waals surface area contributed by atoms with E-state index in [4.69, 9.17) is 0 Å². The third-order valence-corrected chi connectivity index (χ3v) is 3.28. The lowest BCUT2D eigenvalue weighted by molar-refractivity contribution is 0.876. The van der Waals surface area contributed by atoms with Crippen LogP contribution in [0.2, 0.25) is 0 Å². The largest absolute Gasteiger partial charge is 0.354 e. The third kappa shape index (κ3) is 1.57. The van der Waals surface area contributed by atoms with Crippen LogP contribution in [-0.4, -0.2) is 16.5 Å². The van der Waals surface area contributed by atoms with Gasteiger partial charge in [-0.05, 0) is 30.2 Å². The summed E-state index contributed by atoms with van der Waals surface area (Å²) in [5.74, 6) is 1.63. The summed E-state index contributed by atoms with van der Waals surface area (Å²) < 4.78 is 0. The van der Waals surface area contributed by atoms with E-state index in [0.29, 0.717) is 0 Å². The Balaban J connectivity index is 1.81. The molecule has 0 aromatic carbocycles. The smallest absolute Gasteiger partial charge is 0.224 e. The second-order valence-corrected chi connectivity index (χ2v) is 4.59. The summed E-state index contributed by atoms with van der Waals surface area (Å²) in [6.45, 7) is 1.02. The van der Waals surface area contributed by atoms with Gasteiger partial charge in [-0.2, -0.15) is 0 Å². The average Bonchev–Trinajstić information content (AvgIpc) is 2.92. The lowest BCUT2D eigenvalue weighted by Gasteiger charge is -2.01. The summed E-state index contributed by atoms with van der Waals surface area (Å²) in [5.41, 5.74) is 0. The molecule has 0 atom stereocenters. The molecule has 0 radical (unpaired) electrons. The van der Waals surface area contributed by atoms with E-state index in [1.807, 2.05) is 17.6 Å². The Bertz CT molecular complexity index is 447. The normalized spacial score (nSPS) is 16.0. The van der Waals surface area contributed by atoms with Gasteiger partial charge in [0.05, 0.1) is 0 Å². The van der Waals surface area contributed by atoms with Gasteiger partial charge in [-0.15, -0.1) is 11.3 Å². The molecule has 72 valence electrons. The van der Waals surface area contributed by atoms with Gasteiger partial charge in [0, 0.05) is 18.1 Å². The Morgan fingerprint density at radius 3 is 3.29 bits per heavy atom. The molecule has 1 saturated carbocycles. The number of anilines is 1. The summed E-state index contributed by atoms with van der Waals surface area (Å²) in [5, 5.41) is 6.45. The molecule has 2 heterocycles. The van der Waals surface area contributed by atoms with E-state index in [1.54, 1.807) is 11.3 Å². The quantitative estimate of drug-likeness (QED) is 0.836. The van der Waals surface area contributed by atoms with E-state index in [1.165, 1.54) is 12.8 Å². The molecule has 0 unspecified atom stereocenters. The fourth-order valence-electron chi connectivity index (χ4n) is 1.40. The topological polar surface area (TPSA) is 37.8 Å². The predicted octanol–water partition coefficient (Wildman–Crippen LogP) is 2.51. The standard InChI is InChI=1S/C10H11N3S/c1-2-7(1)5-11-10-12-6-8-3-4-14-9(8)13-10/h3-4,6-7H,1-2,5H2,(H,11,12,13). The molecule has 3 nitrogen and oxygen atoms in total. The number of hydrogen-bond acceptors (Lipinski definition) is 4. The van der Waals surface area contributed by atoms with E-state index in [2.05, 4.69) is 15.3 Å². The Morgan fingerprint density at radius 2 is 2.43 bits per heavy atom. The van der Waals surface area contributed by atoms with Gasteiger partial charge < -0.3 is 5.32 Å². The number of rotatable bonds is 3. The van der Waals surface area contributed by atoms with Crippen LogP contribution in [0.15, 0.2) is 17.6 Å². The summed E-state index contributed by atoms with van der Waals surface area (Å²) in [6.07, 6.45) is 4.59.